The van der Waals surface area contributed by atoms with Crippen LogP contribution in [0.1, 0.15) is 0 Å². The summed E-state index contributed by atoms with van der Waals surface area (Å²) in [5, 5.41) is 19.4. The van der Waals surface area contributed by atoms with Crippen molar-refractivity contribution in [2.45, 2.75) is 6.10 Å². The number of hydrogen-bond acceptors (Lipinski definition) is 4. The van der Waals surface area contributed by atoms with E-state index in [1.165, 1.54) is 6.08 Å². The summed E-state index contributed by atoms with van der Waals surface area (Å²) in [4.78, 5) is 10.6. The third kappa shape index (κ3) is 5.70. The van der Waals surface area contributed by atoms with E-state index in [1.807, 2.05) is 0 Å². The van der Waals surface area contributed by atoms with Crippen LogP contribution in [0.3, 0.4) is 0 Å². The van der Waals surface area contributed by atoms with Gasteiger partial charge in [-0.1, -0.05) is 12.7 Å². The molecule has 0 aliphatic carbocycles. The highest BCUT2D eigenvalue weighted by molar-refractivity contribution is 5.67. The Morgan fingerprint density at radius 3 is 2.92 bits per heavy atom. The van der Waals surface area contributed by atoms with Gasteiger partial charge in [0.1, 0.15) is 6.61 Å². The molecule has 12 heavy (non-hydrogen) atoms. The van der Waals surface area contributed by atoms with Gasteiger partial charge in [0.2, 0.25) is 0 Å². The van der Waals surface area contributed by atoms with Gasteiger partial charge in [-0.15, -0.1) is 0 Å². The number of ether oxygens (including phenoxy) is 1. The summed E-state index contributed by atoms with van der Waals surface area (Å²) in [6, 6.07) is 0. The zero-order valence-corrected chi connectivity index (χ0v) is 6.69. The van der Waals surface area contributed by atoms with E-state index in [9.17, 15) is 4.79 Å². The third-order valence-corrected chi connectivity index (χ3v) is 1.03. The number of hydrogen-bond donors (Lipinski definition) is 3. The van der Waals surface area contributed by atoms with E-state index in [2.05, 4.69) is 16.6 Å². The molecule has 0 aromatic rings. The summed E-state index contributed by atoms with van der Waals surface area (Å²) in [6.07, 6.45) is -0.147. The van der Waals surface area contributed by atoms with Crippen molar-refractivity contribution in [2.75, 3.05) is 19.8 Å². The lowest BCUT2D eigenvalue weighted by Gasteiger charge is -2.08. The number of carbonyl (C=O) groups is 1. The van der Waals surface area contributed by atoms with E-state index < -0.39 is 12.2 Å². The molecular weight excluding hydrogens is 162 g/mol. The number of aliphatic hydroxyl groups excluding tert-OH is 2. The predicted octanol–water partition coefficient (Wildman–Crippen LogP) is -0.748. The molecule has 0 fully saturated rings. The highest BCUT2D eigenvalue weighted by Gasteiger charge is 2.04. The number of carbonyl (C=O) groups excluding carboxylic acids is 1. The first-order valence-electron chi connectivity index (χ1n) is 3.51. The highest BCUT2D eigenvalue weighted by atomic mass is 16.5. The molecule has 0 aromatic carbocycles. The Labute approximate surface area is 70.7 Å². The van der Waals surface area contributed by atoms with Gasteiger partial charge in [0.15, 0.2) is 0 Å². The Hall–Kier alpha value is -1.07. The molecule has 1 amide bonds. The molecule has 0 aliphatic rings. The minimum Gasteiger partial charge on any atom is -0.445 e. The first-order chi connectivity index (χ1) is 5.70. The molecule has 0 spiro atoms. The fraction of sp³-hybridized carbons (Fsp3) is 0.571. The minimum absolute atomic E-state index is 0.0214. The maximum Gasteiger partial charge on any atom is 0.407 e. The zero-order chi connectivity index (χ0) is 9.40. The lowest BCUT2D eigenvalue weighted by Crippen LogP contribution is -2.34. The van der Waals surface area contributed by atoms with Crippen LogP contribution in [0.25, 0.3) is 0 Å². The lowest BCUT2D eigenvalue weighted by molar-refractivity contribution is 0.0901. The zero-order valence-electron chi connectivity index (χ0n) is 6.69. The van der Waals surface area contributed by atoms with E-state index in [4.69, 9.17) is 10.2 Å². The number of nitrogens with one attached hydrogen (secondary N) is 1. The van der Waals surface area contributed by atoms with Gasteiger partial charge in [-0.25, -0.2) is 4.79 Å². The minimum atomic E-state index is -0.943. The maximum atomic E-state index is 10.6. The molecule has 0 heterocycles. The fourth-order valence-corrected chi connectivity index (χ4v) is 0.451. The van der Waals surface area contributed by atoms with Gasteiger partial charge in [0.05, 0.1) is 12.7 Å². The summed E-state index contributed by atoms with van der Waals surface area (Å²) in [6.45, 7) is 3.07. The van der Waals surface area contributed by atoms with E-state index in [0.717, 1.165) is 0 Å². The number of alkyl carbamates (subject to hydrolysis) is 1. The first-order valence-corrected chi connectivity index (χ1v) is 3.51. The van der Waals surface area contributed by atoms with Crippen LogP contribution in [0, 0.1) is 0 Å². The molecule has 0 saturated heterocycles. The van der Waals surface area contributed by atoms with E-state index >= 15 is 0 Å². The summed E-state index contributed by atoms with van der Waals surface area (Å²) < 4.78 is 4.53. The summed E-state index contributed by atoms with van der Waals surface area (Å²) in [7, 11) is 0. The highest BCUT2D eigenvalue weighted by Crippen LogP contribution is 1.80. The van der Waals surface area contributed by atoms with Crippen molar-refractivity contribution in [2.24, 2.45) is 0 Å². The average Bonchev–Trinajstić information content (AvgIpc) is 2.10. The molecule has 70 valence electrons. The van der Waals surface area contributed by atoms with Crippen molar-refractivity contribution in [1.82, 2.24) is 5.32 Å². The van der Waals surface area contributed by atoms with Gasteiger partial charge in [-0.05, 0) is 0 Å². The van der Waals surface area contributed by atoms with E-state index in [0.29, 0.717) is 0 Å². The smallest absolute Gasteiger partial charge is 0.407 e. The van der Waals surface area contributed by atoms with Gasteiger partial charge in [-0.2, -0.15) is 0 Å². The molecule has 5 nitrogen and oxygen atoms in total. The lowest BCUT2D eigenvalue weighted by atomic mass is 10.4. The third-order valence-electron chi connectivity index (χ3n) is 1.03. The molecule has 1 unspecified atom stereocenters. The Morgan fingerprint density at radius 1 is 1.75 bits per heavy atom. The molecule has 5 heteroatoms. The molecule has 0 saturated carbocycles. The molecule has 1 atom stereocenters. The Balaban J connectivity index is 3.36. The van der Waals surface area contributed by atoms with Gasteiger partial charge >= 0.3 is 6.09 Å². The average molecular weight is 175 g/mol. The van der Waals surface area contributed by atoms with Crippen molar-refractivity contribution in [3.8, 4) is 0 Å². The second-order valence-electron chi connectivity index (χ2n) is 2.10. The Bertz CT molecular complexity index is 148. The van der Waals surface area contributed by atoms with Gasteiger partial charge < -0.3 is 20.3 Å². The maximum absolute atomic E-state index is 10.6. The fourth-order valence-electron chi connectivity index (χ4n) is 0.451. The van der Waals surface area contributed by atoms with Crippen LogP contribution in [0.4, 0.5) is 4.79 Å². The molecule has 0 rings (SSSR count). The number of amides is 1. The van der Waals surface area contributed by atoms with Crippen molar-refractivity contribution in [1.29, 1.82) is 0 Å². The Kier molecular flexibility index (Phi) is 6.04. The number of rotatable bonds is 5. The molecule has 0 radical (unpaired) electrons. The molecule has 0 aromatic heterocycles. The van der Waals surface area contributed by atoms with Crippen LogP contribution < -0.4 is 5.32 Å². The van der Waals surface area contributed by atoms with E-state index in [1.54, 1.807) is 0 Å². The van der Waals surface area contributed by atoms with Crippen LogP contribution in [0.2, 0.25) is 0 Å². The van der Waals surface area contributed by atoms with Crippen LogP contribution >= 0.6 is 0 Å². The predicted molar refractivity (Wildman–Crippen MR) is 42.6 cm³/mol. The first kappa shape index (κ1) is 10.9. The van der Waals surface area contributed by atoms with Crippen molar-refractivity contribution in [3.63, 3.8) is 0 Å². The normalized spacial score (nSPS) is 11.8. The SMILES string of the molecule is C=CCOC(=O)NCC(O)CO. The molecule has 0 aliphatic heterocycles. The summed E-state index contributed by atoms with van der Waals surface area (Å²) >= 11 is 0. The number of aliphatic hydroxyl groups is 2. The molecular formula is C7H13NO4. The van der Waals surface area contributed by atoms with Gasteiger partial charge in [0, 0.05) is 6.54 Å². The van der Waals surface area contributed by atoms with Crippen molar-refractivity contribution < 1.29 is 19.7 Å². The van der Waals surface area contributed by atoms with Crippen molar-refractivity contribution >= 4 is 6.09 Å². The molecule has 0 bridgehead atoms. The van der Waals surface area contributed by atoms with Crippen LogP contribution in [0.5, 0.6) is 0 Å². The second kappa shape index (κ2) is 6.63. The van der Waals surface area contributed by atoms with Crippen molar-refractivity contribution in [3.05, 3.63) is 12.7 Å². The van der Waals surface area contributed by atoms with E-state index in [-0.39, 0.29) is 19.8 Å². The monoisotopic (exact) mass is 175 g/mol. The summed E-state index contributed by atoms with van der Waals surface area (Å²) in [5.74, 6) is 0. The Morgan fingerprint density at radius 2 is 2.42 bits per heavy atom. The topological polar surface area (TPSA) is 78.8 Å². The largest absolute Gasteiger partial charge is 0.445 e. The second-order valence-corrected chi connectivity index (χ2v) is 2.10. The quantitative estimate of drug-likeness (QED) is 0.480. The van der Waals surface area contributed by atoms with Crippen LogP contribution in [-0.4, -0.2) is 42.2 Å². The van der Waals surface area contributed by atoms with Gasteiger partial charge in [0.25, 0.3) is 0 Å². The van der Waals surface area contributed by atoms with Crippen LogP contribution in [-0.2, 0) is 4.74 Å². The standard InChI is InChI=1S/C7H13NO4/c1-2-3-12-7(11)8-4-6(10)5-9/h2,6,9-10H,1,3-5H2,(H,8,11). The van der Waals surface area contributed by atoms with Crippen LogP contribution in [0.15, 0.2) is 12.7 Å². The van der Waals surface area contributed by atoms with Gasteiger partial charge in [-0.3, -0.25) is 0 Å². The molecule has 3 N–H and O–H groups in total. The summed E-state index contributed by atoms with van der Waals surface area (Å²) in [5.41, 5.74) is 0.